The summed E-state index contributed by atoms with van der Waals surface area (Å²) in [6.45, 7) is 13.0. The maximum Gasteiger partial charge on any atom is 0.223 e. The van der Waals surface area contributed by atoms with Crippen molar-refractivity contribution >= 4 is 58.3 Å². The summed E-state index contributed by atoms with van der Waals surface area (Å²) in [5, 5.41) is 0.460. The first-order chi connectivity index (χ1) is 24.1. The number of hydrogen-bond donors (Lipinski definition) is 2. The Morgan fingerprint density at radius 3 is 1.78 bits per heavy atom. The van der Waals surface area contributed by atoms with Crippen molar-refractivity contribution in [3.05, 3.63) is 67.5 Å². The maximum atomic E-state index is 12.9. The highest BCUT2D eigenvalue weighted by atomic mass is 35.5. The van der Waals surface area contributed by atoms with Gasteiger partial charge in [0.05, 0.1) is 57.7 Å². The van der Waals surface area contributed by atoms with Crippen molar-refractivity contribution in [1.29, 1.82) is 0 Å². The van der Waals surface area contributed by atoms with Crippen LogP contribution in [0.3, 0.4) is 0 Å². The lowest BCUT2D eigenvalue weighted by Gasteiger charge is -2.35. The Morgan fingerprint density at radius 1 is 0.784 bits per heavy atom. The molecule has 0 fully saturated rings. The van der Waals surface area contributed by atoms with Gasteiger partial charge in [-0.15, -0.1) is 0 Å². The number of Topliss-reactive ketones (excluding diaryl/α,β-unsaturated/α-hetero) is 2. The Kier molecular flexibility index (Phi) is 11.2. The van der Waals surface area contributed by atoms with E-state index in [2.05, 4.69) is 29.9 Å². The van der Waals surface area contributed by atoms with Gasteiger partial charge in [0.1, 0.15) is 33.4 Å². The number of ether oxygens (including phenoxy) is 2. The summed E-state index contributed by atoms with van der Waals surface area (Å²) >= 11 is 12.5. The lowest BCUT2D eigenvalue weighted by molar-refractivity contribution is -0.120. The summed E-state index contributed by atoms with van der Waals surface area (Å²) < 4.78 is 10.9. The number of pyridine rings is 2. The lowest BCUT2D eigenvalue weighted by Crippen LogP contribution is -2.41. The van der Waals surface area contributed by atoms with Gasteiger partial charge in [0.25, 0.3) is 0 Å². The number of rotatable bonds is 7. The van der Waals surface area contributed by atoms with Crippen LogP contribution in [-0.4, -0.2) is 68.8 Å². The van der Waals surface area contributed by atoms with Crippen LogP contribution in [-0.2, 0) is 29.1 Å². The molecule has 1 unspecified atom stereocenters. The van der Waals surface area contributed by atoms with E-state index < -0.39 is 0 Å². The fourth-order valence-electron chi connectivity index (χ4n) is 6.68. The number of aryl methyl sites for hydroxylation is 2. The normalized spacial score (nSPS) is 15.3. The Hall–Kier alpha value is -4.82. The number of methoxy groups -OCH3 is 2. The molecule has 0 spiro atoms. The maximum absolute atomic E-state index is 12.9. The van der Waals surface area contributed by atoms with Gasteiger partial charge in [-0.2, -0.15) is 9.97 Å². The predicted molar refractivity (Wildman–Crippen MR) is 197 cm³/mol. The van der Waals surface area contributed by atoms with Crippen molar-refractivity contribution in [2.24, 2.45) is 5.92 Å². The molecule has 0 radical (unpaired) electrons. The fraction of sp³-hybridized carbons (Fsp3) is 0.429. The third-order valence-corrected chi connectivity index (χ3v) is 9.64. The molecule has 0 aromatic carbocycles. The smallest absolute Gasteiger partial charge is 0.223 e. The van der Waals surface area contributed by atoms with Crippen molar-refractivity contribution in [2.75, 3.05) is 48.6 Å². The second-order valence-electron chi connectivity index (χ2n) is 13.0. The molecular weight excluding hydrogens is 695 g/mol. The molecule has 270 valence electrons. The van der Waals surface area contributed by atoms with Crippen molar-refractivity contribution in [3.8, 4) is 11.5 Å². The first-order valence-electron chi connectivity index (χ1n) is 16.3. The van der Waals surface area contributed by atoms with Crippen LogP contribution in [0.15, 0.2) is 12.4 Å². The van der Waals surface area contributed by atoms with Gasteiger partial charge in [0.2, 0.25) is 11.9 Å². The Morgan fingerprint density at radius 2 is 1.27 bits per heavy atom. The van der Waals surface area contributed by atoms with Gasteiger partial charge in [0.15, 0.2) is 11.6 Å². The van der Waals surface area contributed by atoms with Gasteiger partial charge < -0.3 is 30.7 Å². The van der Waals surface area contributed by atoms with Gasteiger partial charge in [-0.05, 0) is 33.6 Å². The van der Waals surface area contributed by atoms with E-state index in [-0.39, 0.29) is 65.1 Å². The molecule has 0 aliphatic carbocycles. The average Bonchev–Trinajstić information content (AvgIpc) is 3.05. The van der Waals surface area contributed by atoms with Gasteiger partial charge in [-0.25, -0.2) is 9.97 Å². The van der Waals surface area contributed by atoms with Gasteiger partial charge in [-0.3, -0.25) is 19.6 Å². The second kappa shape index (κ2) is 15.2. The number of carbonyl (C=O) groups is 2. The predicted octanol–water partition coefficient (Wildman–Crippen LogP) is 4.93. The summed E-state index contributed by atoms with van der Waals surface area (Å²) in [6.07, 6.45) is 3.75. The highest BCUT2D eigenvalue weighted by Gasteiger charge is 2.38. The monoisotopic (exact) mass is 736 g/mol. The summed E-state index contributed by atoms with van der Waals surface area (Å²) in [6, 6.07) is 0. The highest BCUT2D eigenvalue weighted by Crippen LogP contribution is 2.41. The molecule has 4 aromatic heterocycles. The van der Waals surface area contributed by atoms with E-state index in [9.17, 15) is 9.59 Å². The van der Waals surface area contributed by atoms with Crippen molar-refractivity contribution in [3.63, 3.8) is 0 Å². The molecule has 0 bridgehead atoms. The molecule has 6 heterocycles. The number of aromatic nitrogens is 6. The minimum absolute atomic E-state index is 0.0505. The van der Waals surface area contributed by atoms with E-state index >= 15 is 0 Å². The highest BCUT2D eigenvalue weighted by molar-refractivity contribution is 6.31. The third kappa shape index (κ3) is 7.61. The summed E-state index contributed by atoms with van der Waals surface area (Å²) in [5.41, 5.74) is 18.2. The molecule has 4 N–H and O–H groups in total. The van der Waals surface area contributed by atoms with Crippen LogP contribution in [0.4, 0.5) is 23.5 Å². The van der Waals surface area contributed by atoms with Crippen LogP contribution >= 0.6 is 23.2 Å². The SMILES string of the molecule is COc1c(C)cnc(CN2CC(=O)C(C(C)C)c3c(Cl)nc(N)nc32)c1C.COc1c(C)cnc(CN2CC(=O)Cc3c(Cl)nc(N)nc32)c1C. The molecule has 14 nitrogen and oxygen atoms in total. The van der Waals surface area contributed by atoms with E-state index in [1.54, 1.807) is 26.6 Å². The van der Waals surface area contributed by atoms with Crippen LogP contribution < -0.4 is 30.7 Å². The van der Waals surface area contributed by atoms with E-state index in [0.29, 0.717) is 35.9 Å². The topological polar surface area (TPSA) is 188 Å². The number of fused-ring (bicyclic) bond motifs is 2. The number of hydrogen-bond acceptors (Lipinski definition) is 14. The van der Waals surface area contributed by atoms with Gasteiger partial charge in [-0.1, -0.05) is 37.0 Å². The summed E-state index contributed by atoms with van der Waals surface area (Å²) in [5.74, 6) is 2.84. The molecule has 6 rings (SSSR count). The van der Waals surface area contributed by atoms with Crippen LogP contribution in [0.2, 0.25) is 10.3 Å². The molecule has 0 saturated carbocycles. The number of anilines is 4. The molecular formula is C35H42Cl2N10O4. The van der Waals surface area contributed by atoms with Crippen LogP contribution in [0.5, 0.6) is 11.5 Å². The van der Waals surface area contributed by atoms with Crippen molar-refractivity contribution < 1.29 is 19.1 Å². The Labute approximate surface area is 306 Å². The van der Waals surface area contributed by atoms with Crippen molar-refractivity contribution in [2.45, 2.75) is 67.0 Å². The molecule has 51 heavy (non-hydrogen) atoms. The number of nitrogens with zero attached hydrogens (tertiary/aromatic N) is 8. The van der Waals surface area contributed by atoms with E-state index in [4.69, 9.17) is 44.1 Å². The second-order valence-corrected chi connectivity index (χ2v) is 13.7. The number of nitrogen functional groups attached to an aromatic ring is 2. The Bertz CT molecular complexity index is 2010. The molecule has 16 heteroatoms. The first kappa shape index (κ1) is 37.4. The Balaban J connectivity index is 0.000000199. The molecule has 2 aliphatic heterocycles. The number of carbonyl (C=O) groups excluding carboxylic acids is 2. The number of halogens is 2. The minimum Gasteiger partial charge on any atom is -0.496 e. The van der Waals surface area contributed by atoms with E-state index in [1.807, 2.05) is 51.3 Å². The number of nitrogens with two attached hydrogens (primary N) is 2. The van der Waals surface area contributed by atoms with E-state index in [1.165, 1.54) is 0 Å². The van der Waals surface area contributed by atoms with Gasteiger partial charge >= 0.3 is 0 Å². The quantitative estimate of drug-likeness (QED) is 0.243. The van der Waals surface area contributed by atoms with Gasteiger partial charge in [0, 0.05) is 52.2 Å². The molecule has 4 aromatic rings. The minimum atomic E-state index is -0.342. The standard InChI is InChI=1S/C19H24ClN5O2.C16H18ClN5O2/c1-9(2)14-13(26)8-25(18-15(14)17(20)23-19(21)24-18)7-12-11(4)16(27-5)10(3)6-22-12;1-8-5-19-12(9(2)13(8)24-3)7-22-6-10(23)4-11-14(17)20-16(18)21-15(11)22/h6,9,14H,7-8H2,1-5H3,(H2,21,23,24);5H,4,6-7H2,1-3H3,(H2,18,20,21). The summed E-state index contributed by atoms with van der Waals surface area (Å²) in [7, 11) is 3.27. The zero-order valence-corrected chi connectivity index (χ0v) is 31.5. The largest absolute Gasteiger partial charge is 0.496 e. The lowest BCUT2D eigenvalue weighted by atomic mass is 9.83. The molecule has 0 saturated heterocycles. The third-order valence-electron chi connectivity index (χ3n) is 9.04. The zero-order valence-electron chi connectivity index (χ0n) is 30.0. The molecule has 2 aliphatic rings. The summed E-state index contributed by atoms with van der Waals surface area (Å²) in [4.78, 5) is 54.4. The zero-order chi connectivity index (χ0) is 37.3. The van der Waals surface area contributed by atoms with E-state index in [0.717, 1.165) is 45.1 Å². The van der Waals surface area contributed by atoms with Crippen LogP contribution in [0.25, 0.3) is 0 Å². The van der Waals surface area contributed by atoms with Crippen LogP contribution in [0, 0.1) is 33.6 Å². The van der Waals surface area contributed by atoms with Crippen molar-refractivity contribution in [1.82, 2.24) is 29.9 Å². The number of ketones is 2. The first-order valence-corrected chi connectivity index (χ1v) is 17.1. The molecule has 0 amide bonds. The van der Waals surface area contributed by atoms with Crippen LogP contribution in [0.1, 0.15) is 64.5 Å². The fourth-order valence-corrected chi connectivity index (χ4v) is 7.21. The molecule has 1 atom stereocenters. The average molecular weight is 738 g/mol.